The summed E-state index contributed by atoms with van der Waals surface area (Å²) in [6.07, 6.45) is 0. The molecule has 5 heteroatoms. The highest BCUT2D eigenvalue weighted by molar-refractivity contribution is 5.89. The largest absolute Gasteiger partial charge is 0.497 e. The number of hydrogen-bond donors (Lipinski definition) is 3. The quantitative estimate of drug-likeness (QED) is 0.790. The van der Waals surface area contributed by atoms with Crippen LogP contribution in [0, 0.1) is 0 Å². The van der Waals surface area contributed by atoms with E-state index in [2.05, 4.69) is 10.6 Å². The Morgan fingerprint density at radius 2 is 1.76 bits per heavy atom. The normalized spacial score (nSPS) is 10.0. The van der Waals surface area contributed by atoms with Crippen LogP contribution in [-0.2, 0) is 13.1 Å². The predicted molar refractivity (Wildman–Crippen MR) is 83.2 cm³/mol. The van der Waals surface area contributed by atoms with Crippen LogP contribution in [0.25, 0.3) is 0 Å². The van der Waals surface area contributed by atoms with Crippen molar-refractivity contribution in [2.75, 3.05) is 12.4 Å². The Bertz CT molecular complexity index is 597. The van der Waals surface area contributed by atoms with Crippen LogP contribution in [0.1, 0.15) is 11.1 Å². The molecule has 5 nitrogen and oxygen atoms in total. The van der Waals surface area contributed by atoms with E-state index >= 15 is 0 Å². The molecule has 110 valence electrons. The van der Waals surface area contributed by atoms with E-state index in [1.165, 1.54) is 0 Å². The van der Waals surface area contributed by atoms with Crippen LogP contribution in [0.5, 0.6) is 5.75 Å². The summed E-state index contributed by atoms with van der Waals surface area (Å²) in [5.74, 6) is 0.748. The summed E-state index contributed by atoms with van der Waals surface area (Å²) in [6.45, 7) is 0.896. The van der Waals surface area contributed by atoms with Crippen molar-refractivity contribution in [1.82, 2.24) is 5.32 Å². The number of benzene rings is 2. The van der Waals surface area contributed by atoms with Gasteiger partial charge >= 0.3 is 6.03 Å². The topological polar surface area (TPSA) is 76.4 Å². The van der Waals surface area contributed by atoms with Gasteiger partial charge in [0.2, 0.25) is 0 Å². The first-order valence-corrected chi connectivity index (χ1v) is 6.68. The summed E-state index contributed by atoms with van der Waals surface area (Å²) in [6, 6.07) is 14.7. The number of carbonyl (C=O) groups excluding carboxylic acids is 1. The molecule has 0 atom stereocenters. The first kappa shape index (κ1) is 14.9. The van der Waals surface area contributed by atoms with Crippen molar-refractivity contribution in [3.63, 3.8) is 0 Å². The number of rotatable bonds is 5. The summed E-state index contributed by atoms with van der Waals surface area (Å²) in [5.41, 5.74) is 8.42. The van der Waals surface area contributed by atoms with Crippen LogP contribution in [-0.4, -0.2) is 13.1 Å². The van der Waals surface area contributed by atoms with Crippen LogP contribution in [0.2, 0.25) is 0 Å². The van der Waals surface area contributed by atoms with Gasteiger partial charge in [-0.15, -0.1) is 0 Å². The van der Waals surface area contributed by atoms with E-state index in [9.17, 15) is 4.79 Å². The Hall–Kier alpha value is -2.53. The SMILES string of the molecule is COc1ccc(NC(=O)NCc2ccccc2CN)cc1. The molecule has 0 saturated heterocycles. The average Bonchev–Trinajstić information content (AvgIpc) is 2.54. The summed E-state index contributed by atoms with van der Waals surface area (Å²) in [4.78, 5) is 11.9. The molecule has 0 radical (unpaired) electrons. The summed E-state index contributed by atoms with van der Waals surface area (Å²) in [5, 5.41) is 5.58. The van der Waals surface area contributed by atoms with Crippen molar-refractivity contribution in [1.29, 1.82) is 0 Å². The second-order valence-corrected chi connectivity index (χ2v) is 4.51. The number of hydrogen-bond acceptors (Lipinski definition) is 3. The van der Waals surface area contributed by atoms with Gasteiger partial charge in [-0.25, -0.2) is 4.79 Å². The average molecular weight is 285 g/mol. The van der Waals surface area contributed by atoms with E-state index < -0.39 is 0 Å². The number of urea groups is 1. The highest BCUT2D eigenvalue weighted by Gasteiger charge is 2.04. The summed E-state index contributed by atoms with van der Waals surface area (Å²) < 4.78 is 5.06. The number of carbonyl (C=O) groups is 1. The van der Waals surface area contributed by atoms with Crippen molar-refractivity contribution >= 4 is 11.7 Å². The smallest absolute Gasteiger partial charge is 0.319 e. The molecule has 0 aromatic heterocycles. The first-order chi connectivity index (χ1) is 10.2. The monoisotopic (exact) mass is 285 g/mol. The molecule has 0 saturated carbocycles. The number of amides is 2. The highest BCUT2D eigenvalue weighted by atomic mass is 16.5. The predicted octanol–water partition coefficient (Wildman–Crippen LogP) is 2.48. The maximum atomic E-state index is 11.9. The van der Waals surface area contributed by atoms with Crippen molar-refractivity contribution in [3.05, 3.63) is 59.7 Å². The van der Waals surface area contributed by atoms with E-state index in [4.69, 9.17) is 10.5 Å². The minimum Gasteiger partial charge on any atom is -0.497 e. The molecule has 0 aliphatic carbocycles. The molecule has 4 N–H and O–H groups in total. The van der Waals surface area contributed by atoms with Crippen molar-refractivity contribution in [3.8, 4) is 5.75 Å². The lowest BCUT2D eigenvalue weighted by molar-refractivity contribution is 0.251. The lowest BCUT2D eigenvalue weighted by atomic mass is 10.1. The third-order valence-corrected chi connectivity index (χ3v) is 3.13. The molecule has 2 aromatic carbocycles. The van der Waals surface area contributed by atoms with Gasteiger partial charge in [0.25, 0.3) is 0 Å². The number of ether oxygens (including phenoxy) is 1. The zero-order valence-corrected chi connectivity index (χ0v) is 11.9. The first-order valence-electron chi connectivity index (χ1n) is 6.68. The summed E-state index contributed by atoms with van der Waals surface area (Å²) >= 11 is 0. The number of methoxy groups -OCH3 is 1. The molecule has 21 heavy (non-hydrogen) atoms. The van der Waals surface area contributed by atoms with Gasteiger partial charge < -0.3 is 21.1 Å². The van der Waals surface area contributed by atoms with Crippen molar-refractivity contribution in [2.45, 2.75) is 13.1 Å². The zero-order valence-electron chi connectivity index (χ0n) is 11.9. The van der Waals surface area contributed by atoms with E-state index in [-0.39, 0.29) is 6.03 Å². The van der Waals surface area contributed by atoms with E-state index in [1.807, 2.05) is 24.3 Å². The minimum atomic E-state index is -0.257. The van der Waals surface area contributed by atoms with Crippen LogP contribution >= 0.6 is 0 Å². The number of anilines is 1. The van der Waals surface area contributed by atoms with Gasteiger partial charge in [-0.2, -0.15) is 0 Å². The Kier molecular flexibility index (Phi) is 5.17. The molecule has 0 spiro atoms. The fourth-order valence-electron chi connectivity index (χ4n) is 1.95. The zero-order chi connectivity index (χ0) is 15.1. The second kappa shape index (κ2) is 7.31. The van der Waals surface area contributed by atoms with Gasteiger partial charge in [0.15, 0.2) is 0 Å². The molecule has 2 aromatic rings. The number of nitrogens with two attached hydrogens (primary N) is 1. The maximum Gasteiger partial charge on any atom is 0.319 e. The fourth-order valence-corrected chi connectivity index (χ4v) is 1.95. The highest BCUT2D eigenvalue weighted by Crippen LogP contribution is 2.14. The lowest BCUT2D eigenvalue weighted by Gasteiger charge is -2.10. The molecule has 0 bridgehead atoms. The van der Waals surface area contributed by atoms with Gasteiger partial charge in [0.05, 0.1) is 7.11 Å². The van der Waals surface area contributed by atoms with Crippen LogP contribution in [0.4, 0.5) is 10.5 Å². The van der Waals surface area contributed by atoms with Gasteiger partial charge in [-0.1, -0.05) is 24.3 Å². The van der Waals surface area contributed by atoms with E-state index in [0.717, 1.165) is 16.9 Å². The molecular formula is C16H19N3O2. The lowest BCUT2D eigenvalue weighted by Crippen LogP contribution is -2.28. The Balaban J connectivity index is 1.89. The van der Waals surface area contributed by atoms with Crippen molar-refractivity contribution < 1.29 is 9.53 Å². The molecule has 2 amide bonds. The molecule has 0 heterocycles. The minimum absolute atomic E-state index is 0.257. The van der Waals surface area contributed by atoms with Crippen molar-refractivity contribution in [2.24, 2.45) is 5.73 Å². The van der Waals surface area contributed by atoms with Gasteiger partial charge in [0, 0.05) is 18.8 Å². The molecule has 0 unspecified atom stereocenters. The van der Waals surface area contributed by atoms with Crippen LogP contribution < -0.4 is 21.1 Å². The van der Waals surface area contributed by atoms with Crippen LogP contribution in [0.15, 0.2) is 48.5 Å². The molecule has 0 aliphatic rings. The van der Waals surface area contributed by atoms with Gasteiger partial charge in [-0.3, -0.25) is 0 Å². The standard InChI is InChI=1S/C16H19N3O2/c1-21-15-8-6-14(7-9-15)19-16(20)18-11-13-5-3-2-4-12(13)10-17/h2-9H,10-11,17H2,1H3,(H2,18,19,20). The van der Waals surface area contributed by atoms with E-state index in [1.54, 1.807) is 31.4 Å². The second-order valence-electron chi connectivity index (χ2n) is 4.51. The Morgan fingerprint density at radius 3 is 2.38 bits per heavy atom. The Morgan fingerprint density at radius 1 is 1.10 bits per heavy atom. The van der Waals surface area contributed by atoms with E-state index in [0.29, 0.717) is 18.8 Å². The van der Waals surface area contributed by atoms with Gasteiger partial charge in [0.1, 0.15) is 5.75 Å². The van der Waals surface area contributed by atoms with Gasteiger partial charge in [-0.05, 0) is 35.4 Å². The fraction of sp³-hybridized carbons (Fsp3) is 0.188. The number of nitrogens with one attached hydrogen (secondary N) is 2. The summed E-state index contributed by atoms with van der Waals surface area (Å²) in [7, 11) is 1.60. The molecular weight excluding hydrogens is 266 g/mol. The molecule has 2 rings (SSSR count). The third kappa shape index (κ3) is 4.22. The molecule has 0 fully saturated rings. The Labute approximate surface area is 124 Å². The molecule has 0 aliphatic heterocycles. The maximum absolute atomic E-state index is 11.9. The third-order valence-electron chi connectivity index (χ3n) is 3.13. The van der Waals surface area contributed by atoms with Crippen LogP contribution in [0.3, 0.4) is 0 Å².